The van der Waals surface area contributed by atoms with Crippen LogP contribution >= 0.6 is 24.0 Å². The van der Waals surface area contributed by atoms with Crippen LogP contribution in [0.25, 0.3) is 0 Å². The second kappa shape index (κ2) is 11.4. The molecule has 1 amide bonds. The number of carbonyl (C=O) groups excluding carboxylic acids is 1. The molecule has 1 N–H and O–H groups in total. The van der Waals surface area contributed by atoms with Crippen LogP contribution in [0, 0.1) is 5.82 Å². The van der Waals surface area contributed by atoms with Gasteiger partial charge in [0.15, 0.2) is 5.96 Å². The number of halogens is 2. The predicted octanol–water partition coefficient (Wildman–Crippen LogP) is 2.09. The summed E-state index contributed by atoms with van der Waals surface area (Å²) < 4.78 is 15.0. The van der Waals surface area contributed by atoms with E-state index in [1.165, 1.54) is 12.1 Å². The molecule has 1 saturated heterocycles. The van der Waals surface area contributed by atoms with Gasteiger partial charge in [-0.15, -0.1) is 24.0 Å². The van der Waals surface area contributed by atoms with Crippen molar-refractivity contribution in [2.24, 2.45) is 12.0 Å². The van der Waals surface area contributed by atoms with Gasteiger partial charge in [-0.3, -0.25) is 14.5 Å². The largest absolute Gasteiger partial charge is 0.357 e. The minimum absolute atomic E-state index is 0. The van der Waals surface area contributed by atoms with Crippen molar-refractivity contribution in [1.82, 2.24) is 24.9 Å². The number of anilines is 1. The number of amides is 1. The Morgan fingerprint density at radius 3 is 2.55 bits per heavy atom. The molecular weight excluding hydrogens is 512 g/mol. The summed E-state index contributed by atoms with van der Waals surface area (Å²) in [6.45, 7) is 4.72. The highest BCUT2D eigenvalue weighted by Gasteiger charge is 2.28. The summed E-state index contributed by atoms with van der Waals surface area (Å²) in [5, 5.41) is 7.45. The minimum Gasteiger partial charge on any atom is -0.357 e. The van der Waals surface area contributed by atoms with Crippen molar-refractivity contribution in [3.8, 4) is 0 Å². The van der Waals surface area contributed by atoms with Gasteiger partial charge in [-0.05, 0) is 38.7 Å². The highest BCUT2D eigenvalue weighted by molar-refractivity contribution is 14.0. The minimum atomic E-state index is -0.252. The number of aryl methyl sites for hydroxylation is 1. The number of aromatic nitrogens is 2. The summed E-state index contributed by atoms with van der Waals surface area (Å²) in [7, 11) is 5.79. The number of nitrogens with zero attached hydrogens (tertiary/aromatic N) is 6. The molecule has 1 atom stereocenters. The lowest BCUT2D eigenvalue weighted by Gasteiger charge is -2.35. The van der Waals surface area contributed by atoms with E-state index in [0.29, 0.717) is 32.1 Å². The monoisotopic (exact) mass is 543 g/mol. The number of nitrogens with one attached hydrogen (secondary N) is 1. The van der Waals surface area contributed by atoms with Crippen molar-refractivity contribution < 1.29 is 9.18 Å². The zero-order valence-electron chi connectivity index (χ0n) is 18.5. The molecular formula is C21H31FIN7O. The van der Waals surface area contributed by atoms with Crippen LogP contribution in [0.4, 0.5) is 10.1 Å². The molecule has 31 heavy (non-hydrogen) atoms. The zero-order chi connectivity index (χ0) is 21.7. The fourth-order valence-corrected chi connectivity index (χ4v) is 3.53. The van der Waals surface area contributed by atoms with Crippen molar-refractivity contribution in [1.29, 1.82) is 0 Å². The normalized spacial score (nSPS) is 15.8. The van der Waals surface area contributed by atoms with E-state index >= 15 is 0 Å². The van der Waals surface area contributed by atoms with Gasteiger partial charge in [0, 0.05) is 32.9 Å². The maximum absolute atomic E-state index is 13.3. The molecule has 0 saturated carbocycles. The molecule has 1 aromatic heterocycles. The Hall–Kier alpha value is -2.21. The van der Waals surface area contributed by atoms with Gasteiger partial charge in [0.2, 0.25) is 5.91 Å². The Morgan fingerprint density at radius 2 is 2.00 bits per heavy atom. The molecule has 0 spiro atoms. The Labute approximate surface area is 200 Å². The number of benzene rings is 1. The maximum atomic E-state index is 13.3. The third-order valence-electron chi connectivity index (χ3n) is 5.15. The van der Waals surface area contributed by atoms with Crippen LogP contribution in [0.5, 0.6) is 0 Å². The molecule has 3 rings (SSSR count). The van der Waals surface area contributed by atoms with Crippen LogP contribution in [0.1, 0.15) is 18.5 Å². The average molecular weight is 543 g/mol. The van der Waals surface area contributed by atoms with Crippen LogP contribution in [0.2, 0.25) is 0 Å². The number of guanidine groups is 1. The molecule has 0 bridgehead atoms. The number of piperazine rings is 1. The fourth-order valence-electron chi connectivity index (χ4n) is 3.53. The highest BCUT2D eigenvalue weighted by atomic mass is 127. The highest BCUT2D eigenvalue weighted by Crippen LogP contribution is 2.20. The summed E-state index contributed by atoms with van der Waals surface area (Å²) >= 11 is 0. The van der Waals surface area contributed by atoms with Gasteiger partial charge in [-0.1, -0.05) is 12.1 Å². The number of hydrogen-bond donors (Lipinski definition) is 1. The number of hydrogen-bond acceptors (Lipinski definition) is 4. The molecule has 1 aromatic carbocycles. The zero-order valence-corrected chi connectivity index (χ0v) is 20.8. The van der Waals surface area contributed by atoms with E-state index in [9.17, 15) is 9.18 Å². The van der Waals surface area contributed by atoms with E-state index in [-0.39, 0.29) is 48.3 Å². The molecule has 1 fully saturated rings. The van der Waals surface area contributed by atoms with Gasteiger partial charge in [0.05, 0.1) is 24.5 Å². The van der Waals surface area contributed by atoms with Crippen LogP contribution in [-0.4, -0.2) is 78.3 Å². The average Bonchev–Trinajstić information content (AvgIpc) is 3.14. The first kappa shape index (κ1) is 25.1. The smallest absolute Gasteiger partial charge is 0.246 e. The molecule has 1 aliphatic heterocycles. The first-order valence-electron chi connectivity index (χ1n) is 10.1. The van der Waals surface area contributed by atoms with E-state index in [1.54, 1.807) is 27.9 Å². The first-order valence-corrected chi connectivity index (χ1v) is 10.1. The fraction of sp³-hybridized carbons (Fsp3) is 0.476. The van der Waals surface area contributed by atoms with Crippen LogP contribution in [0.15, 0.2) is 41.7 Å². The van der Waals surface area contributed by atoms with Crippen LogP contribution in [0.3, 0.4) is 0 Å². The van der Waals surface area contributed by atoms with Gasteiger partial charge < -0.3 is 20.0 Å². The number of rotatable bonds is 6. The summed E-state index contributed by atoms with van der Waals surface area (Å²) in [5.74, 6) is 0.478. The quantitative estimate of drug-likeness (QED) is 0.344. The van der Waals surface area contributed by atoms with Crippen molar-refractivity contribution >= 4 is 41.5 Å². The van der Waals surface area contributed by atoms with E-state index in [2.05, 4.69) is 15.3 Å². The van der Waals surface area contributed by atoms with Crippen LogP contribution in [-0.2, 0) is 11.8 Å². The van der Waals surface area contributed by atoms with Gasteiger partial charge >= 0.3 is 0 Å². The molecule has 2 aromatic rings. The third-order valence-corrected chi connectivity index (χ3v) is 5.15. The Bertz CT molecular complexity index is 884. The second-order valence-electron chi connectivity index (χ2n) is 7.56. The Kier molecular flexibility index (Phi) is 9.23. The lowest BCUT2D eigenvalue weighted by atomic mass is 10.1. The van der Waals surface area contributed by atoms with Gasteiger partial charge in [-0.2, -0.15) is 5.10 Å². The summed E-state index contributed by atoms with van der Waals surface area (Å²) in [6, 6.07) is 6.53. The van der Waals surface area contributed by atoms with Gasteiger partial charge in [0.25, 0.3) is 0 Å². The molecule has 0 radical (unpaired) electrons. The maximum Gasteiger partial charge on any atom is 0.246 e. The molecule has 2 heterocycles. The number of likely N-dealkylation sites (N-methyl/N-ethyl adjacent to an activating group) is 1. The standard InChI is InChI=1S/C21H30FN7O.HI/c1-5-23-21(24-13-19(26(2)3)16-6-8-17(22)9-7-16)28-10-11-29(20(30)15-28)18-12-25-27(4)14-18;/h6-9,12,14,19H,5,10-11,13,15H2,1-4H3,(H,23,24);1H. The lowest BCUT2D eigenvalue weighted by Crippen LogP contribution is -2.55. The predicted molar refractivity (Wildman–Crippen MR) is 131 cm³/mol. The molecule has 170 valence electrons. The van der Waals surface area contributed by atoms with Crippen molar-refractivity contribution in [2.45, 2.75) is 13.0 Å². The van der Waals surface area contributed by atoms with Gasteiger partial charge in [-0.25, -0.2) is 4.39 Å². The summed E-state index contributed by atoms with van der Waals surface area (Å²) in [4.78, 5) is 23.3. The number of aliphatic imine (C=N–C) groups is 1. The summed E-state index contributed by atoms with van der Waals surface area (Å²) in [6.07, 6.45) is 3.55. The van der Waals surface area contributed by atoms with E-state index in [4.69, 9.17) is 4.99 Å². The van der Waals surface area contributed by atoms with E-state index < -0.39 is 0 Å². The third kappa shape index (κ3) is 6.39. The van der Waals surface area contributed by atoms with Crippen molar-refractivity contribution in [2.75, 3.05) is 51.7 Å². The van der Waals surface area contributed by atoms with Crippen molar-refractivity contribution in [3.63, 3.8) is 0 Å². The molecule has 1 aliphatic rings. The second-order valence-corrected chi connectivity index (χ2v) is 7.56. The van der Waals surface area contributed by atoms with E-state index in [0.717, 1.165) is 11.3 Å². The molecule has 8 nitrogen and oxygen atoms in total. The molecule has 0 aliphatic carbocycles. The molecule has 1 unspecified atom stereocenters. The first-order chi connectivity index (χ1) is 14.4. The topological polar surface area (TPSA) is 69.0 Å². The van der Waals surface area contributed by atoms with Gasteiger partial charge in [0.1, 0.15) is 12.4 Å². The lowest BCUT2D eigenvalue weighted by molar-refractivity contribution is -0.120. The SMILES string of the molecule is CCNC(=NCC(c1ccc(F)cc1)N(C)C)N1CCN(c2cnn(C)c2)C(=O)C1.I. The summed E-state index contributed by atoms with van der Waals surface area (Å²) in [5.41, 5.74) is 1.81. The van der Waals surface area contributed by atoms with Crippen LogP contribution < -0.4 is 10.2 Å². The number of carbonyl (C=O) groups is 1. The van der Waals surface area contributed by atoms with Crippen molar-refractivity contribution in [3.05, 3.63) is 48.0 Å². The molecule has 10 heteroatoms. The van der Waals surface area contributed by atoms with E-state index in [1.807, 2.05) is 39.2 Å². The Balaban J connectivity index is 0.00000341. The Morgan fingerprint density at radius 1 is 1.29 bits per heavy atom.